The number of aliphatic hydroxyl groups is 1. The van der Waals surface area contributed by atoms with Crippen LogP contribution >= 0.6 is 0 Å². The molecule has 1 unspecified atom stereocenters. The second kappa shape index (κ2) is 4.19. The summed E-state index contributed by atoms with van der Waals surface area (Å²) < 4.78 is 11.4. The molecule has 2 saturated carbocycles. The maximum atomic E-state index is 10.7. The van der Waals surface area contributed by atoms with Crippen molar-refractivity contribution in [1.82, 2.24) is 0 Å². The lowest BCUT2D eigenvalue weighted by Crippen LogP contribution is -2.57. The minimum absolute atomic E-state index is 0.0602. The van der Waals surface area contributed by atoms with Gasteiger partial charge < -0.3 is 20.3 Å². The summed E-state index contributed by atoms with van der Waals surface area (Å²) in [5.74, 6) is 0.130. The Hall–Kier alpha value is -0.160. The second-order valence-corrected chi connectivity index (χ2v) is 5.93. The van der Waals surface area contributed by atoms with Gasteiger partial charge in [-0.2, -0.15) is 0 Å². The molecule has 1 saturated heterocycles. The van der Waals surface area contributed by atoms with E-state index in [4.69, 9.17) is 15.2 Å². The van der Waals surface area contributed by atoms with Gasteiger partial charge in [-0.3, -0.25) is 0 Å². The SMILES string of the molecule is NC(C1CCC1)C1(O)CCC2(CC1)OCCO2. The van der Waals surface area contributed by atoms with Gasteiger partial charge in [0, 0.05) is 18.9 Å². The summed E-state index contributed by atoms with van der Waals surface area (Å²) in [5.41, 5.74) is 5.55. The highest BCUT2D eigenvalue weighted by atomic mass is 16.7. The predicted octanol–water partition coefficient (Wildman–Crippen LogP) is 1.16. The highest BCUT2D eigenvalue weighted by Crippen LogP contribution is 2.44. The van der Waals surface area contributed by atoms with E-state index in [2.05, 4.69) is 0 Å². The summed E-state index contributed by atoms with van der Waals surface area (Å²) in [7, 11) is 0. The van der Waals surface area contributed by atoms with Gasteiger partial charge in [0.2, 0.25) is 0 Å². The molecule has 4 nitrogen and oxygen atoms in total. The Morgan fingerprint density at radius 1 is 1.06 bits per heavy atom. The first-order valence-electron chi connectivity index (χ1n) is 6.90. The van der Waals surface area contributed by atoms with Crippen molar-refractivity contribution in [2.75, 3.05) is 13.2 Å². The van der Waals surface area contributed by atoms with Crippen molar-refractivity contribution in [3.8, 4) is 0 Å². The molecule has 0 aromatic carbocycles. The second-order valence-electron chi connectivity index (χ2n) is 5.93. The molecule has 1 aliphatic heterocycles. The number of hydrogen-bond acceptors (Lipinski definition) is 4. The molecule has 17 heavy (non-hydrogen) atoms. The Balaban J connectivity index is 1.62. The molecule has 3 rings (SSSR count). The maximum Gasteiger partial charge on any atom is 0.168 e. The Morgan fingerprint density at radius 3 is 2.12 bits per heavy atom. The first-order valence-corrected chi connectivity index (χ1v) is 6.90. The third kappa shape index (κ3) is 2.01. The molecular weight excluding hydrogens is 218 g/mol. The van der Waals surface area contributed by atoms with E-state index < -0.39 is 11.4 Å². The van der Waals surface area contributed by atoms with Crippen molar-refractivity contribution in [3.63, 3.8) is 0 Å². The van der Waals surface area contributed by atoms with Crippen LogP contribution in [0.2, 0.25) is 0 Å². The van der Waals surface area contributed by atoms with Crippen LogP contribution in [0.3, 0.4) is 0 Å². The zero-order chi connectivity index (χ0) is 11.9. The molecule has 1 spiro atoms. The van der Waals surface area contributed by atoms with E-state index in [-0.39, 0.29) is 6.04 Å². The van der Waals surface area contributed by atoms with Crippen LogP contribution in [0.5, 0.6) is 0 Å². The van der Waals surface area contributed by atoms with Gasteiger partial charge in [-0.05, 0) is 31.6 Å². The van der Waals surface area contributed by atoms with Crippen molar-refractivity contribution in [2.24, 2.45) is 11.7 Å². The monoisotopic (exact) mass is 241 g/mol. The van der Waals surface area contributed by atoms with E-state index >= 15 is 0 Å². The molecule has 1 heterocycles. The molecular formula is C13H23NO3. The summed E-state index contributed by atoms with van der Waals surface area (Å²) in [6.45, 7) is 1.38. The number of nitrogens with two attached hydrogens (primary N) is 1. The zero-order valence-electron chi connectivity index (χ0n) is 10.4. The lowest BCUT2D eigenvalue weighted by molar-refractivity contribution is -0.208. The molecule has 1 atom stereocenters. The summed E-state index contributed by atoms with van der Waals surface area (Å²) in [4.78, 5) is 0. The maximum absolute atomic E-state index is 10.7. The molecule has 98 valence electrons. The molecule has 0 bridgehead atoms. The Morgan fingerprint density at radius 2 is 1.65 bits per heavy atom. The minimum Gasteiger partial charge on any atom is -0.388 e. The van der Waals surface area contributed by atoms with Crippen LogP contribution in [-0.2, 0) is 9.47 Å². The molecule has 3 fully saturated rings. The van der Waals surface area contributed by atoms with Gasteiger partial charge in [-0.25, -0.2) is 0 Å². The molecule has 2 aliphatic carbocycles. The van der Waals surface area contributed by atoms with Crippen LogP contribution in [0, 0.1) is 5.92 Å². The summed E-state index contributed by atoms with van der Waals surface area (Å²) >= 11 is 0. The molecule has 0 aromatic rings. The largest absolute Gasteiger partial charge is 0.388 e. The lowest BCUT2D eigenvalue weighted by atomic mass is 9.68. The number of ether oxygens (including phenoxy) is 2. The van der Waals surface area contributed by atoms with Gasteiger partial charge in [0.05, 0.1) is 18.8 Å². The third-order valence-corrected chi connectivity index (χ3v) is 4.97. The van der Waals surface area contributed by atoms with Crippen LogP contribution in [0.25, 0.3) is 0 Å². The van der Waals surface area contributed by atoms with Crippen LogP contribution in [0.15, 0.2) is 0 Å². The van der Waals surface area contributed by atoms with E-state index in [0.29, 0.717) is 32.0 Å². The van der Waals surface area contributed by atoms with Crippen molar-refractivity contribution < 1.29 is 14.6 Å². The van der Waals surface area contributed by atoms with Crippen molar-refractivity contribution >= 4 is 0 Å². The lowest BCUT2D eigenvalue weighted by Gasteiger charge is -2.47. The van der Waals surface area contributed by atoms with Crippen LogP contribution < -0.4 is 5.73 Å². The van der Waals surface area contributed by atoms with Crippen molar-refractivity contribution in [1.29, 1.82) is 0 Å². The number of hydrogen-bond donors (Lipinski definition) is 2. The average Bonchev–Trinajstić information content (AvgIpc) is 2.70. The highest BCUT2D eigenvalue weighted by molar-refractivity contribution is 5.01. The van der Waals surface area contributed by atoms with Crippen LogP contribution in [0.1, 0.15) is 44.9 Å². The quantitative estimate of drug-likeness (QED) is 0.761. The molecule has 4 heteroatoms. The predicted molar refractivity (Wildman–Crippen MR) is 63.4 cm³/mol. The Labute approximate surface area is 102 Å². The van der Waals surface area contributed by atoms with Crippen LogP contribution in [0.4, 0.5) is 0 Å². The summed E-state index contributed by atoms with van der Waals surface area (Å²) in [6, 6.07) is -0.0602. The summed E-state index contributed by atoms with van der Waals surface area (Å²) in [5, 5.41) is 10.7. The fourth-order valence-corrected chi connectivity index (χ4v) is 3.42. The Kier molecular flexibility index (Phi) is 2.94. The van der Waals surface area contributed by atoms with E-state index in [0.717, 1.165) is 12.8 Å². The first-order chi connectivity index (χ1) is 8.14. The van der Waals surface area contributed by atoms with Crippen molar-refractivity contribution in [2.45, 2.75) is 62.4 Å². The highest BCUT2D eigenvalue weighted by Gasteiger charge is 2.49. The van der Waals surface area contributed by atoms with Gasteiger partial charge in [0.1, 0.15) is 0 Å². The van der Waals surface area contributed by atoms with Gasteiger partial charge in [-0.15, -0.1) is 0 Å². The minimum atomic E-state index is -0.689. The van der Waals surface area contributed by atoms with Gasteiger partial charge in [0.25, 0.3) is 0 Å². The van der Waals surface area contributed by atoms with E-state index in [1.807, 2.05) is 0 Å². The fraction of sp³-hybridized carbons (Fsp3) is 1.00. The van der Waals surface area contributed by atoms with Gasteiger partial charge >= 0.3 is 0 Å². The standard InChI is InChI=1S/C13H23NO3/c14-11(10-2-1-3-10)12(15)4-6-13(7-5-12)16-8-9-17-13/h10-11,15H,1-9,14H2. The molecule has 3 N–H and O–H groups in total. The molecule has 0 amide bonds. The van der Waals surface area contributed by atoms with E-state index in [9.17, 15) is 5.11 Å². The van der Waals surface area contributed by atoms with E-state index in [1.165, 1.54) is 19.3 Å². The molecule has 3 aliphatic rings. The van der Waals surface area contributed by atoms with E-state index in [1.54, 1.807) is 0 Å². The fourth-order valence-electron chi connectivity index (χ4n) is 3.42. The third-order valence-electron chi connectivity index (χ3n) is 4.97. The van der Waals surface area contributed by atoms with Crippen molar-refractivity contribution in [3.05, 3.63) is 0 Å². The number of rotatable bonds is 2. The average molecular weight is 241 g/mol. The smallest absolute Gasteiger partial charge is 0.168 e. The first kappa shape index (κ1) is 11.9. The van der Waals surface area contributed by atoms with Gasteiger partial charge in [-0.1, -0.05) is 6.42 Å². The van der Waals surface area contributed by atoms with Crippen LogP contribution in [-0.4, -0.2) is 35.8 Å². The zero-order valence-corrected chi connectivity index (χ0v) is 10.4. The topological polar surface area (TPSA) is 64.7 Å². The normalized spacial score (nSPS) is 33.5. The summed E-state index contributed by atoms with van der Waals surface area (Å²) in [6.07, 6.45) is 6.62. The molecule has 0 aromatic heterocycles. The Bertz CT molecular complexity index is 274. The van der Waals surface area contributed by atoms with Gasteiger partial charge in [0.15, 0.2) is 5.79 Å². The molecule has 0 radical (unpaired) electrons.